The topological polar surface area (TPSA) is 60.7 Å². The second-order valence-corrected chi connectivity index (χ2v) is 14.2. The summed E-state index contributed by atoms with van der Waals surface area (Å²) in [6.45, 7) is 17.9. The number of rotatable bonds is 5. The third-order valence-corrected chi connectivity index (χ3v) is 11.6. The fourth-order valence-corrected chi connectivity index (χ4v) is 8.91. The summed E-state index contributed by atoms with van der Waals surface area (Å²) in [6, 6.07) is 0. The average Bonchev–Trinajstić information content (AvgIpc) is 3.00. The molecule has 0 aromatic rings. The van der Waals surface area contributed by atoms with Crippen LogP contribution < -0.4 is 0 Å². The van der Waals surface area contributed by atoms with E-state index in [9.17, 15) is 15.3 Å². The zero-order valence-corrected chi connectivity index (χ0v) is 22.5. The van der Waals surface area contributed by atoms with Crippen molar-refractivity contribution in [2.75, 3.05) is 0 Å². The van der Waals surface area contributed by atoms with Crippen molar-refractivity contribution >= 4 is 0 Å². The molecule has 4 aliphatic carbocycles. The van der Waals surface area contributed by atoms with E-state index >= 15 is 0 Å². The van der Waals surface area contributed by atoms with Gasteiger partial charge < -0.3 is 15.3 Å². The number of aliphatic hydroxyl groups is 3. The van der Waals surface area contributed by atoms with Crippen molar-refractivity contribution in [2.24, 2.45) is 39.4 Å². The molecular weight excluding hydrogens is 408 g/mol. The summed E-state index contributed by atoms with van der Waals surface area (Å²) in [5, 5.41) is 32.0. The lowest BCUT2D eigenvalue weighted by molar-refractivity contribution is -0.0855. The van der Waals surface area contributed by atoms with E-state index in [2.05, 4.69) is 53.7 Å². The molecule has 0 aliphatic heterocycles. The Morgan fingerprint density at radius 2 is 1.70 bits per heavy atom. The van der Waals surface area contributed by atoms with Crippen molar-refractivity contribution in [3.05, 3.63) is 23.3 Å². The molecule has 0 amide bonds. The van der Waals surface area contributed by atoms with Gasteiger partial charge in [-0.3, -0.25) is 0 Å². The molecule has 3 nitrogen and oxygen atoms in total. The molecule has 3 N–H and O–H groups in total. The van der Waals surface area contributed by atoms with E-state index in [1.54, 1.807) is 11.1 Å². The summed E-state index contributed by atoms with van der Waals surface area (Å²) in [4.78, 5) is 0. The molecule has 0 bridgehead atoms. The fourth-order valence-electron chi connectivity index (χ4n) is 8.91. The van der Waals surface area contributed by atoms with Gasteiger partial charge in [0.25, 0.3) is 0 Å². The molecule has 0 saturated heterocycles. The molecule has 4 rings (SSSR count). The zero-order chi connectivity index (χ0) is 24.6. The lowest BCUT2D eigenvalue weighted by Crippen LogP contribution is -2.54. The van der Waals surface area contributed by atoms with Crippen LogP contribution in [0.1, 0.15) is 107 Å². The maximum absolute atomic E-state index is 11.1. The van der Waals surface area contributed by atoms with Crippen molar-refractivity contribution in [2.45, 2.75) is 125 Å². The predicted molar refractivity (Wildman–Crippen MR) is 136 cm³/mol. The first-order valence-electron chi connectivity index (χ1n) is 13.6. The number of hydrogen-bond donors (Lipinski definition) is 3. The van der Waals surface area contributed by atoms with E-state index in [-0.39, 0.29) is 39.8 Å². The van der Waals surface area contributed by atoms with Crippen molar-refractivity contribution in [3.8, 4) is 0 Å². The molecule has 0 heterocycles. The molecule has 8 atom stereocenters. The maximum Gasteiger partial charge on any atom is 0.0594 e. The Hall–Kier alpha value is -0.640. The molecule has 33 heavy (non-hydrogen) atoms. The minimum atomic E-state index is -0.725. The van der Waals surface area contributed by atoms with E-state index in [4.69, 9.17) is 0 Å². The Morgan fingerprint density at radius 1 is 1.03 bits per heavy atom. The van der Waals surface area contributed by atoms with Crippen LogP contribution in [0.3, 0.4) is 0 Å². The molecule has 2 unspecified atom stereocenters. The monoisotopic (exact) mass is 458 g/mol. The number of allylic oxidation sites excluding steroid dienone is 4. The van der Waals surface area contributed by atoms with Crippen molar-refractivity contribution in [1.82, 2.24) is 0 Å². The summed E-state index contributed by atoms with van der Waals surface area (Å²) in [6.07, 6.45) is 12.3. The zero-order valence-electron chi connectivity index (χ0n) is 22.5. The highest BCUT2D eigenvalue weighted by Gasteiger charge is 2.63. The highest BCUT2D eigenvalue weighted by Crippen LogP contribution is 2.71. The van der Waals surface area contributed by atoms with Crippen LogP contribution in [0.2, 0.25) is 0 Å². The Labute approximate surface area is 202 Å². The van der Waals surface area contributed by atoms with Gasteiger partial charge in [-0.25, -0.2) is 0 Å². The lowest BCUT2D eigenvalue weighted by Gasteiger charge is -2.61. The van der Waals surface area contributed by atoms with Crippen LogP contribution in [-0.4, -0.2) is 33.1 Å². The Bertz CT molecular complexity index is 832. The van der Waals surface area contributed by atoms with Crippen LogP contribution in [0, 0.1) is 39.4 Å². The molecule has 0 spiro atoms. The first kappa shape index (κ1) is 25.5. The SMILES string of the molecule is C[C@H](C(O)CCC(C)(C)O)[C@H]1CC[C@@]2(C)C3=CCC4C(C)(C)[C@@H](O)CC[C@]4(C)C3=CC[C@]12C. The number of hydrogen-bond acceptors (Lipinski definition) is 3. The maximum atomic E-state index is 11.1. The van der Waals surface area contributed by atoms with Gasteiger partial charge in [0.2, 0.25) is 0 Å². The van der Waals surface area contributed by atoms with Crippen molar-refractivity contribution < 1.29 is 15.3 Å². The normalized spacial score (nSPS) is 44.2. The molecule has 0 aromatic heterocycles. The Morgan fingerprint density at radius 3 is 2.33 bits per heavy atom. The highest BCUT2D eigenvalue weighted by atomic mass is 16.3. The first-order chi connectivity index (χ1) is 15.1. The van der Waals surface area contributed by atoms with E-state index in [0.29, 0.717) is 24.7 Å². The standard InChI is InChI=1S/C30H50O3/c1-19(23(31)13-15-26(2,3)33)20-11-17-30(8)22-9-10-24-27(4,5)25(32)14-16-28(24,6)21(22)12-18-29(20,30)7/h9,12,19-20,23-25,31-33H,10-11,13-18H2,1-8H3/t19-,20+,23?,24?,25-,28+,29+,30-/m0/s1. The van der Waals surface area contributed by atoms with Gasteiger partial charge in [-0.05, 0) is 116 Å². The number of fused-ring (bicyclic) bond motifs is 5. The fraction of sp³-hybridized carbons (Fsp3) is 0.867. The first-order valence-corrected chi connectivity index (χ1v) is 13.6. The van der Waals surface area contributed by atoms with Crippen LogP contribution in [0.5, 0.6) is 0 Å². The second kappa shape index (κ2) is 7.93. The van der Waals surface area contributed by atoms with Crippen LogP contribution in [-0.2, 0) is 0 Å². The van der Waals surface area contributed by atoms with Gasteiger partial charge in [0.05, 0.1) is 17.8 Å². The molecule has 3 heteroatoms. The summed E-state index contributed by atoms with van der Waals surface area (Å²) in [7, 11) is 0. The van der Waals surface area contributed by atoms with Crippen LogP contribution in [0.15, 0.2) is 23.3 Å². The highest BCUT2D eigenvalue weighted by molar-refractivity contribution is 5.49. The molecule has 188 valence electrons. The van der Waals surface area contributed by atoms with Crippen LogP contribution >= 0.6 is 0 Å². The molecular formula is C30H50O3. The van der Waals surface area contributed by atoms with Crippen molar-refractivity contribution in [3.63, 3.8) is 0 Å². The van der Waals surface area contributed by atoms with Gasteiger partial charge >= 0.3 is 0 Å². The molecule has 0 radical (unpaired) electrons. The van der Waals surface area contributed by atoms with Gasteiger partial charge in [0.1, 0.15) is 0 Å². The van der Waals surface area contributed by atoms with Crippen molar-refractivity contribution in [1.29, 1.82) is 0 Å². The lowest BCUT2D eigenvalue weighted by atomic mass is 9.44. The predicted octanol–water partition coefficient (Wildman–Crippen LogP) is 6.42. The molecule has 2 saturated carbocycles. The van der Waals surface area contributed by atoms with Gasteiger partial charge in [0, 0.05) is 0 Å². The average molecular weight is 459 g/mol. The van der Waals surface area contributed by atoms with E-state index in [1.165, 1.54) is 6.42 Å². The van der Waals surface area contributed by atoms with Gasteiger partial charge in [-0.1, -0.05) is 53.7 Å². The Balaban J connectivity index is 1.64. The molecule has 4 aliphatic rings. The van der Waals surface area contributed by atoms with E-state index in [1.807, 2.05) is 13.8 Å². The third-order valence-electron chi connectivity index (χ3n) is 11.6. The van der Waals surface area contributed by atoms with Crippen LogP contribution in [0.25, 0.3) is 0 Å². The minimum Gasteiger partial charge on any atom is -0.393 e. The Kier molecular flexibility index (Phi) is 6.12. The summed E-state index contributed by atoms with van der Waals surface area (Å²) in [5.41, 5.74) is 2.81. The minimum absolute atomic E-state index is 0.0607. The molecule has 2 fully saturated rings. The quantitative estimate of drug-likeness (QED) is 0.445. The number of aliphatic hydroxyl groups excluding tert-OH is 2. The van der Waals surface area contributed by atoms with Gasteiger partial charge in [-0.2, -0.15) is 0 Å². The molecule has 0 aromatic carbocycles. The van der Waals surface area contributed by atoms with E-state index < -0.39 is 5.60 Å². The third kappa shape index (κ3) is 3.71. The smallest absolute Gasteiger partial charge is 0.0594 e. The summed E-state index contributed by atoms with van der Waals surface area (Å²) in [5.74, 6) is 1.19. The van der Waals surface area contributed by atoms with E-state index in [0.717, 1.165) is 32.1 Å². The summed E-state index contributed by atoms with van der Waals surface area (Å²) >= 11 is 0. The second-order valence-electron chi connectivity index (χ2n) is 14.2. The van der Waals surface area contributed by atoms with Gasteiger partial charge in [-0.15, -0.1) is 0 Å². The largest absolute Gasteiger partial charge is 0.393 e. The van der Waals surface area contributed by atoms with Gasteiger partial charge in [0.15, 0.2) is 0 Å². The van der Waals surface area contributed by atoms with Crippen LogP contribution in [0.4, 0.5) is 0 Å². The summed E-state index contributed by atoms with van der Waals surface area (Å²) < 4.78 is 0.